The molecular formula is C8H8FIN2O2. The van der Waals surface area contributed by atoms with Crippen LogP contribution in [-0.4, -0.2) is 19.0 Å². The molecule has 14 heavy (non-hydrogen) atoms. The molecule has 0 atom stereocenters. The van der Waals surface area contributed by atoms with Crippen LogP contribution >= 0.6 is 22.6 Å². The lowest BCUT2D eigenvalue weighted by Gasteiger charge is -2.12. The summed E-state index contributed by atoms with van der Waals surface area (Å²) in [5, 5.41) is 10.6. The van der Waals surface area contributed by atoms with Crippen LogP contribution in [0.2, 0.25) is 0 Å². The van der Waals surface area contributed by atoms with Crippen molar-refractivity contribution in [3.63, 3.8) is 0 Å². The van der Waals surface area contributed by atoms with Crippen molar-refractivity contribution in [2.45, 2.75) is 0 Å². The van der Waals surface area contributed by atoms with Crippen LogP contribution in [0.4, 0.5) is 15.8 Å². The lowest BCUT2D eigenvalue weighted by Crippen LogP contribution is -2.11. The summed E-state index contributed by atoms with van der Waals surface area (Å²) in [4.78, 5) is 11.6. The van der Waals surface area contributed by atoms with E-state index in [0.717, 1.165) is 0 Å². The Morgan fingerprint density at radius 2 is 2.07 bits per heavy atom. The van der Waals surface area contributed by atoms with Crippen molar-refractivity contribution in [3.8, 4) is 0 Å². The van der Waals surface area contributed by atoms with Crippen LogP contribution in [0.1, 0.15) is 0 Å². The first-order valence-electron chi connectivity index (χ1n) is 3.74. The van der Waals surface area contributed by atoms with Gasteiger partial charge < -0.3 is 4.90 Å². The number of hydrogen-bond acceptors (Lipinski definition) is 3. The summed E-state index contributed by atoms with van der Waals surface area (Å²) in [6.07, 6.45) is 0. The fourth-order valence-electron chi connectivity index (χ4n) is 1.03. The first kappa shape index (κ1) is 11.2. The van der Waals surface area contributed by atoms with Gasteiger partial charge >= 0.3 is 0 Å². The molecule has 1 aromatic carbocycles. The van der Waals surface area contributed by atoms with Gasteiger partial charge in [0.15, 0.2) is 0 Å². The van der Waals surface area contributed by atoms with E-state index in [4.69, 9.17) is 0 Å². The molecule has 0 saturated carbocycles. The molecule has 0 aliphatic rings. The number of halogens is 2. The van der Waals surface area contributed by atoms with Crippen molar-refractivity contribution in [2.75, 3.05) is 19.0 Å². The fourth-order valence-corrected chi connectivity index (χ4v) is 1.48. The van der Waals surface area contributed by atoms with E-state index in [1.807, 2.05) is 0 Å². The number of nitrogens with zero attached hydrogens (tertiary/aromatic N) is 2. The molecule has 0 heterocycles. The van der Waals surface area contributed by atoms with E-state index in [9.17, 15) is 14.5 Å². The highest BCUT2D eigenvalue weighted by Gasteiger charge is 2.18. The van der Waals surface area contributed by atoms with E-state index in [1.54, 1.807) is 36.7 Å². The van der Waals surface area contributed by atoms with Crippen LogP contribution in [0.25, 0.3) is 0 Å². The molecule has 0 saturated heterocycles. The van der Waals surface area contributed by atoms with E-state index in [0.29, 0.717) is 0 Å². The van der Waals surface area contributed by atoms with Gasteiger partial charge in [0, 0.05) is 26.2 Å². The normalized spacial score (nSPS) is 10.0. The Morgan fingerprint density at radius 1 is 1.50 bits per heavy atom. The zero-order valence-corrected chi connectivity index (χ0v) is 9.78. The average Bonchev–Trinajstić information content (AvgIpc) is 2.08. The molecule has 0 amide bonds. The minimum absolute atomic E-state index is 0.0826. The molecule has 0 unspecified atom stereocenters. The highest BCUT2D eigenvalue weighted by Crippen LogP contribution is 2.30. The van der Waals surface area contributed by atoms with Crippen LogP contribution in [0.5, 0.6) is 0 Å². The Bertz CT molecular complexity index is 382. The molecule has 0 aromatic heterocycles. The third kappa shape index (κ3) is 2.11. The zero-order chi connectivity index (χ0) is 10.9. The van der Waals surface area contributed by atoms with E-state index in [-0.39, 0.29) is 14.9 Å². The number of anilines is 1. The molecule has 76 valence electrons. The third-order valence-corrected chi connectivity index (χ3v) is 2.52. The smallest absolute Gasteiger partial charge is 0.293 e. The standard InChI is InChI=1S/C8H8FIN2O2/c1-11(2)7-3-5(9)6(10)4-8(7)12(13)14/h3-4H,1-2H3. The lowest BCUT2D eigenvalue weighted by atomic mass is 10.2. The summed E-state index contributed by atoms with van der Waals surface area (Å²) in [7, 11) is 3.27. The summed E-state index contributed by atoms with van der Waals surface area (Å²) in [5.74, 6) is -0.445. The molecule has 0 N–H and O–H groups in total. The molecule has 1 aromatic rings. The number of hydrogen-bond donors (Lipinski definition) is 0. The SMILES string of the molecule is CN(C)c1cc(F)c(I)cc1[N+](=O)[O-]. The Hall–Kier alpha value is -0.920. The van der Waals surface area contributed by atoms with Gasteiger partial charge in [-0.25, -0.2) is 4.39 Å². The van der Waals surface area contributed by atoms with Crippen LogP contribution in [0, 0.1) is 19.5 Å². The highest BCUT2D eigenvalue weighted by molar-refractivity contribution is 14.1. The molecule has 0 fully saturated rings. The average molecular weight is 310 g/mol. The van der Waals surface area contributed by atoms with Gasteiger partial charge in [-0.1, -0.05) is 0 Å². The van der Waals surface area contributed by atoms with Crippen molar-refractivity contribution < 1.29 is 9.31 Å². The van der Waals surface area contributed by atoms with Crippen LogP contribution < -0.4 is 4.90 Å². The van der Waals surface area contributed by atoms with Crippen molar-refractivity contribution in [2.24, 2.45) is 0 Å². The number of benzene rings is 1. The van der Waals surface area contributed by atoms with E-state index >= 15 is 0 Å². The van der Waals surface area contributed by atoms with Gasteiger partial charge in [-0.15, -0.1) is 0 Å². The van der Waals surface area contributed by atoms with Gasteiger partial charge in [-0.05, 0) is 22.6 Å². The Morgan fingerprint density at radius 3 is 2.50 bits per heavy atom. The van der Waals surface area contributed by atoms with Crippen molar-refractivity contribution in [1.82, 2.24) is 0 Å². The largest absolute Gasteiger partial charge is 0.372 e. The van der Waals surface area contributed by atoms with Gasteiger partial charge in [0.1, 0.15) is 11.5 Å². The molecule has 0 aliphatic carbocycles. The number of nitro benzene ring substituents is 1. The molecular weight excluding hydrogens is 302 g/mol. The molecule has 4 nitrogen and oxygen atoms in total. The predicted molar refractivity (Wildman–Crippen MR) is 60.1 cm³/mol. The molecule has 0 radical (unpaired) electrons. The molecule has 1 rings (SSSR count). The summed E-state index contributed by atoms with van der Waals surface area (Å²) < 4.78 is 13.4. The van der Waals surface area contributed by atoms with Gasteiger partial charge in [-0.2, -0.15) is 0 Å². The van der Waals surface area contributed by atoms with Crippen molar-refractivity contribution >= 4 is 34.0 Å². The monoisotopic (exact) mass is 310 g/mol. The summed E-state index contributed by atoms with van der Waals surface area (Å²) in [6, 6.07) is 2.39. The minimum Gasteiger partial charge on any atom is -0.372 e. The number of nitro groups is 1. The maximum Gasteiger partial charge on any atom is 0.293 e. The maximum absolute atomic E-state index is 13.1. The van der Waals surface area contributed by atoms with Crippen LogP contribution in [0.15, 0.2) is 12.1 Å². The molecule has 0 bridgehead atoms. The third-order valence-electron chi connectivity index (χ3n) is 1.70. The zero-order valence-electron chi connectivity index (χ0n) is 7.62. The van der Waals surface area contributed by atoms with Crippen molar-refractivity contribution in [1.29, 1.82) is 0 Å². The second kappa shape index (κ2) is 4.07. The molecule has 0 spiro atoms. The fraction of sp³-hybridized carbons (Fsp3) is 0.250. The minimum atomic E-state index is -0.517. The lowest BCUT2D eigenvalue weighted by molar-refractivity contribution is -0.384. The topological polar surface area (TPSA) is 46.4 Å². The Balaban J connectivity index is 3.39. The van der Waals surface area contributed by atoms with Crippen molar-refractivity contribution in [3.05, 3.63) is 31.6 Å². The first-order valence-corrected chi connectivity index (χ1v) is 4.82. The van der Waals surface area contributed by atoms with E-state index in [2.05, 4.69) is 0 Å². The predicted octanol–water partition coefficient (Wildman–Crippen LogP) is 2.40. The quantitative estimate of drug-likeness (QED) is 0.479. The highest BCUT2D eigenvalue weighted by atomic mass is 127. The second-order valence-electron chi connectivity index (χ2n) is 2.91. The van der Waals surface area contributed by atoms with Crippen LogP contribution in [-0.2, 0) is 0 Å². The molecule has 6 heteroatoms. The Labute approximate surface area is 94.0 Å². The Kier molecular flexibility index (Phi) is 3.25. The number of rotatable bonds is 2. The van der Waals surface area contributed by atoms with Gasteiger partial charge in [0.05, 0.1) is 8.49 Å². The molecule has 0 aliphatic heterocycles. The summed E-state index contributed by atoms with van der Waals surface area (Å²) in [6.45, 7) is 0. The van der Waals surface area contributed by atoms with E-state index in [1.165, 1.54) is 17.0 Å². The first-order chi connectivity index (χ1) is 6.43. The van der Waals surface area contributed by atoms with Gasteiger partial charge in [-0.3, -0.25) is 10.1 Å². The van der Waals surface area contributed by atoms with E-state index < -0.39 is 10.7 Å². The maximum atomic E-state index is 13.1. The van der Waals surface area contributed by atoms with Crippen LogP contribution in [0.3, 0.4) is 0 Å². The summed E-state index contributed by atoms with van der Waals surface area (Å²) in [5.41, 5.74) is 0.189. The van der Waals surface area contributed by atoms with Gasteiger partial charge in [0.2, 0.25) is 0 Å². The second-order valence-corrected chi connectivity index (χ2v) is 4.07. The van der Waals surface area contributed by atoms with Gasteiger partial charge in [0.25, 0.3) is 5.69 Å². The summed E-state index contributed by atoms with van der Waals surface area (Å²) >= 11 is 1.73.